The fourth-order valence-corrected chi connectivity index (χ4v) is 6.18. The molecule has 1 N–H and O–H groups in total. The molecule has 3 aromatic rings. The number of benzene rings is 1. The van der Waals surface area contributed by atoms with Crippen LogP contribution in [0.15, 0.2) is 35.3 Å². The number of pyridine rings is 1. The van der Waals surface area contributed by atoms with Crippen molar-refractivity contribution in [3.05, 3.63) is 46.2 Å². The number of carboxylic acid groups (broad SMARTS) is 1. The van der Waals surface area contributed by atoms with Crippen LogP contribution in [-0.4, -0.2) is 38.3 Å². The van der Waals surface area contributed by atoms with Gasteiger partial charge in [0.05, 0.1) is 24.5 Å². The highest BCUT2D eigenvalue weighted by Gasteiger charge is 2.48. The summed E-state index contributed by atoms with van der Waals surface area (Å²) >= 11 is 1.64. The van der Waals surface area contributed by atoms with Gasteiger partial charge in [-0.2, -0.15) is 5.10 Å². The third-order valence-electron chi connectivity index (χ3n) is 7.32. The average Bonchev–Trinajstić information content (AvgIpc) is 3.24. The summed E-state index contributed by atoms with van der Waals surface area (Å²) in [7, 11) is 0. The fourth-order valence-electron chi connectivity index (χ4n) is 4.97. The molecule has 0 amide bonds. The molecule has 0 radical (unpaired) electrons. The molecule has 2 unspecified atom stereocenters. The minimum atomic E-state index is -1.22. The number of carbonyl (C=O) groups is 1. The van der Waals surface area contributed by atoms with E-state index in [4.69, 9.17) is 9.84 Å². The molecule has 0 saturated heterocycles. The van der Waals surface area contributed by atoms with Crippen LogP contribution in [0.1, 0.15) is 78.1 Å². The van der Waals surface area contributed by atoms with Gasteiger partial charge in [-0.05, 0) is 36.5 Å². The Morgan fingerprint density at radius 3 is 2.59 bits per heavy atom. The number of ether oxygens (including phenoxy) is 1. The molecule has 1 aromatic carbocycles. The maximum absolute atomic E-state index is 12.8. The van der Waals surface area contributed by atoms with Crippen molar-refractivity contribution in [3.8, 4) is 17.1 Å². The molecule has 202 valence electrons. The van der Waals surface area contributed by atoms with Crippen LogP contribution >= 0.6 is 11.8 Å². The third kappa shape index (κ3) is 5.17. The second-order valence-electron chi connectivity index (χ2n) is 10.5. The van der Waals surface area contributed by atoms with Crippen LogP contribution in [-0.2, 0) is 11.4 Å². The van der Waals surface area contributed by atoms with Crippen LogP contribution in [0.2, 0.25) is 0 Å². The lowest BCUT2D eigenvalue weighted by atomic mass is 9.83. The van der Waals surface area contributed by atoms with Crippen molar-refractivity contribution in [2.24, 2.45) is 11.3 Å². The Bertz CT molecular complexity index is 1320. The monoisotopic (exact) mass is 527 g/mol. The first kappa shape index (κ1) is 28.8. The largest absolute Gasteiger partial charge is 0.491 e. The summed E-state index contributed by atoms with van der Waals surface area (Å²) in [5.41, 5.74) is 1.25. The summed E-state index contributed by atoms with van der Waals surface area (Å²) in [5, 5.41) is 15.5. The van der Waals surface area contributed by atoms with Gasteiger partial charge in [0.2, 0.25) is 0 Å². The molecule has 1 aliphatic rings. The summed E-state index contributed by atoms with van der Waals surface area (Å²) in [6.45, 7) is 16.0. The molecule has 37 heavy (non-hydrogen) atoms. The lowest BCUT2D eigenvalue weighted by molar-refractivity contribution is 0.0692. The molecule has 0 spiro atoms. The van der Waals surface area contributed by atoms with E-state index in [2.05, 4.69) is 34.6 Å². The minimum Gasteiger partial charge on any atom is -0.491 e. The number of thioether (sulfide) groups is 1. The smallest absolute Gasteiger partial charge is 0.341 e. The zero-order valence-corrected chi connectivity index (χ0v) is 24.2. The van der Waals surface area contributed by atoms with E-state index in [0.29, 0.717) is 24.8 Å². The van der Waals surface area contributed by atoms with Crippen molar-refractivity contribution in [1.29, 1.82) is 0 Å². The molecule has 4 rings (SSSR count). The number of carboxylic acids is 1. The number of rotatable bonds is 8. The van der Waals surface area contributed by atoms with E-state index < -0.39 is 16.3 Å². The number of aromatic carboxylic acids is 1. The van der Waals surface area contributed by atoms with Gasteiger partial charge in [-0.25, -0.2) is 4.79 Å². The Kier molecular flexibility index (Phi) is 8.83. The number of nitrogens with zero attached hydrogens (tertiary/aromatic N) is 3. The van der Waals surface area contributed by atoms with Crippen molar-refractivity contribution in [3.63, 3.8) is 0 Å². The van der Waals surface area contributed by atoms with E-state index in [1.54, 1.807) is 11.8 Å². The first-order chi connectivity index (χ1) is 17.5. The van der Waals surface area contributed by atoms with Crippen LogP contribution in [0.25, 0.3) is 22.3 Å². The molecule has 1 aliphatic heterocycles. The van der Waals surface area contributed by atoms with Crippen molar-refractivity contribution in [2.75, 3.05) is 12.9 Å². The van der Waals surface area contributed by atoms with E-state index in [1.165, 1.54) is 12.3 Å². The van der Waals surface area contributed by atoms with Gasteiger partial charge < -0.3 is 14.4 Å². The van der Waals surface area contributed by atoms with Crippen LogP contribution in [0.3, 0.4) is 0 Å². The van der Waals surface area contributed by atoms with Gasteiger partial charge in [-0.1, -0.05) is 67.0 Å². The highest BCUT2D eigenvalue weighted by molar-refractivity contribution is 7.99. The molecule has 8 heteroatoms. The zero-order valence-electron chi connectivity index (χ0n) is 23.4. The molecule has 2 atom stereocenters. The van der Waals surface area contributed by atoms with E-state index in [1.807, 2.05) is 47.6 Å². The Morgan fingerprint density at radius 2 is 2.00 bits per heavy atom. The van der Waals surface area contributed by atoms with E-state index >= 15 is 0 Å². The van der Waals surface area contributed by atoms with Gasteiger partial charge in [0, 0.05) is 17.6 Å². The highest BCUT2D eigenvalue weighted by atomic mass is 32.2. The lowest BCUT2D eigenvalue weighted by Gasteiger charge is -2.49. The predicted molar refractivity (Wildman–Crippen MR) is 153 cm³/mol. The zero-order chi connectivity index (χ0) is 27.5. The molecule has 0 aliphatic carbocycles. The Hall–Kier alpha value is -2.74. The normalized spacial score (nSPS) is 17.4. The second kappa shape index (κ2) is 11.3. The Balaban J connectivity index is 0.00000186. The van der Waals surface area contributed by atoms with Gasteiger partial charge in [0.25, 0.3) is 0 Å². The van der Waals surface area contributed by atoms with Crippen molar-refractivity contribution >= 4 is 28.6 Å². The Morgan fingerprint density at radius 1 is 1.30 bits per heavy atom. The number of aromatic nitrogens is 3. The van der Waals surface area contributed by atoms with Gasteiger partial charge in [0.15, 0.2) is 5.43 Å². The van der Waals surface area contributed by atoms with Gasteiger partial charge in [-0.15, -0.1) is 11.8 Å². The minimum absolute atomic E-state index is 0.223. The number of hydrogen-bond donors (Lipinski definition) is 1. The fraction of sp³-hybridized carbons (Fsp3) is 0.552. The second-order valence-corrected chi connectivity index (χ2v) is 11.6. The summed E-state index contributed by atoms with van der Waals surface area (Å²) < 4.78 is 10.1. The van der Waals surface area contributed by atoms with Crippen molar-refractivity contribution < 1.29 is 14.6 Å². The lowest BCUT2D eigenvalue weighted by Crippen LogP contribution is -2.49. The van der Waals surface area contributed by atoms with Crippen molar-refractivity contribution in [2.45, 2.75) is 79.1 Å². The van der Waals surface area contributed by atoms with E-state index in [9.17, 15) is 14.7 Å². The van der Waals surface area contributed by atoms with Crippen molar-refractivity contribution in [1.82, 2.24) is 14.3 Å². The summed E-state index contributed by atoms with van der Waals surface area (Å²) in [6.07, 6.45) is 6.80. The SMILES string of the molecule is CC.CCC(C)CCCOc1cccc2c3n(nc12)CC(SC)(C(C)(C)C)n1cc(C(=O)O)c(=O)cc1-3. The molecule has 3 heterocycles. The Labute approximate surface area is 224 Å². The first-order valence-corrected chi connectivity index (χ1v) is 14.4. The topological polar surface area (TPSA) is 86.3 Å². The molecule has 0 fully saturated rings. The highest BCUT2D eigenvalue weighted by Crippen LogP contribution is 2.52. The summed E-state index contributed by atoms with van der Waals surface area (Å²) in [5.74, 6) is 0.193. The number of hydrogen-bond acceptors (Lipinski definition) is 5. The number of fused-ring (bicyclic) bond motifs is 5. The standard InChI is InChI=1S/C27H35N3O4S.C2H6/c1-7-17(2)10-9-13-34-22-12-8-11-18-23(22)28-30-16-27(35-6,26(3,4)5)29-15-19(25(32)33)21(31)14-20(29)24(18)30;1-2/h8,11-12,14-15,17H,7,9-10,13,16H2,1-6H3,(H,32,33);1-2H3. The quantitative estimate of drug-likeness (QED) is 0.322. The molecule has 7 nitrogen and oxygen atoms in total. The van der Waals surface area contributed by atoms with E-state index in [-0.39, 0.29) is 11.0 Å². The van der Waals surface area contributed by atoms with Crippen LogP contribution in [0, 0.1) is 11.3 Å². The van der Waals surface area contributed by atoms with Crippen LogP contribution < -0.4 is 10.2 Å². The predicted octanol–water partition coefficient (Wildman–Crippen LogP) is 6.87. The average molecular weight is 528 g/mol. The maximum atomic E-state index is 12.8. The van der Waals surface area contributed by atoms with Gasteiger partial charge >= 0.3 is 5.97 Å². The summed E-state index contributed by atoms with van der Waals surface area (Å²) in [6, 6.07) is 7.33. The first-order valence-electron chi connectivity index (χ1n) is 13.2. The van der Waals surface area contributed by atoms with Gasteiger partial charge in [0.1, 0.15) is 21.7 Å². The van der Waals surface area contributed by atoms with Crippen LogP contribution in [0.5, 0.6) is 5.75 Å². The molecular formula is C29H41N3O4S. The molecule has 2 aromatic heterocycles. The maximum Gasteiger partial charge on any atom is 0.341 e. The van der Waals surface area contributed by atoms with E-state index in [0.717, 1.165) is 41.6 Å². The molecule has 0 saturated carbocycles. The molecular weight excluding hydrogens is 486 g/mol. The van der Waals surface area contributed by atoms with Gasteiger partial charge in [-0.3, -0.25) is 9.48 Å². The molecule has 0 bridgehead atoms. The summed E-state index contributed by atoms with van der Waals surface area (Å²) in [4.78, 5) is 24.1. The third-order valence-corrected chi connectivity index (χ3v) is 8.93. The van der Waals surface area contributed by atoms with Crippen LogP contribution in [0.4, 0.5) is 0 Å².